The number of nitrogens with zero attached hydrogens (tertiary/aromatic N) is 3. The van der Waals surface area contributed by atoms with Gasteiger partial charge in [0.2, 0.25) is 17.8 Å². The lowest BCUT2D eigenvalue weighted by atomic mass is 10.0. The van der Waals surface area contributed by atoms with Gasteiger partial charge in [-0.05, 0) is 69.2 Å². The summed E-state index contributed by atoms with van der Waals surface area (Å²) in [5, 5.41) is 14.1. The summed E-state index contributed by atoms with van der Waals surface area (Å²) in [5.74, 6) is 1.76. The average molecular weight is 500 g/mol. The summed E-state index contributed by atoms with van der Waals surface area (Å²) in [5.41, 5.74) is 0.943. The van der Waals surface area contributed by atoms with Gasteiger partial charge in [-0.15, -0.1) is 0 Å². The predicted molar refractivity (Wildman–Crippen MR) is 143 cm³/mol. The SMILES string of the molecule is CCC(Nc1nc(NCCCc2ccc(OC)c(F)c2)nc(NC2CCCCCC2)n1)C1CCCN1. The molecule has 0 spiro atoms. The third-order valence-electron chi connectivity index (χ3n) is 7.30. The average Bonchev–Trinajstić information content (AvgIpc) is 3.30. The fourth-order valence-corrected chi connectivity index (χ4v) is 5.26. The number of methoxy groups -OCH3 is 1. The molecule has 2 aliphatic rings. The van der Waals surface area contributed by atoms with Crippen molar-refractivity contribution < 1.29 is 9.13 Å². The van der Waals surface area contributed by atoms with Gasteiger partial charge in [-0.1, -0.05) is 38.7 Å². The Morgan fingerprint density at radius 1 is 1.03 bits per heavy atom. The molecule has 1 aliphatic heterocycles. The third kappa shape index (κ3) is 7.66. The topological polar surface area (TPSA) is 96.0 Å². The molecular weight excluding hydrogens is 457 g/mol. The molecule has 2 unspecified atom stereocenters. The van der Waals surface area contributed by atoms with Crippen molar-refractivity contribution in [1.29, 1.82) is 0 Å². The van der Waals surface area contributed by atoms with Crippen LogP contribution in [-0.2, 0) is 6.42 Å². The van der Waals surface area contributed by atoms with Crippen LogP contribution >= 0.6 is 0 Å². The van der Waals surface area contributed by atoms with Crippen LogP contribution in [0.4, 0.5) is 22.2 Å². The molecule has 2 heterocycles. The molecule has 1 aliphatic carbocycles. The highest BCUT2D eigenvalue weighted by molar-refractivity contribution is 5.43. The standard InChI is InChI=1S/C27H42FN7O/c1-3-22(23-13-9-16-29-23)32-27-34-25(33-26(35-27)31-20-11-6-4-5-7-12-20)30-17-8-10-19-14-15-24(36-2)21(28)18-19/h14-15,18,20,22-23,29H,3-13,16-17H2,1-2H3,(H3,30,31,32,33,34,35). The molecule has 4 rings (SSSR count). The van der Waals surface area contributed by atoms with Crippen molar-refractivity contribution in [2.24, 2.45) is 0 Å². The van der Waals surface area contributed by atoms with Gasteiger partial charge in [-0.25, -0.2) is 4.39 Å². The Bertz CT molecular complexity index is 946. The molecule has 4 N–H and O–H groups in total. The zero-order valence-corrected chi connectivity index (χ0v) is 21.8. The van der Waals surface area contributed by atoms with Crippen LogP contribution in [0.5, 0.6) is 5.75 Å². The minimum atomic E-state index is -0.326. The molecule has 2 aromatic rings. The van der Waals surface area contributed by atoms with E-state index in [1.165, 1.54) is 45.6 Å². The van der Waals surface area contributed by atoms with Gasteiger partial charge in [0.25, 0.3) is 0 Å². The van der Waals surface area contributed by atoms with Crippen LogP contribution < -0.4 is 26.0 Å². The van der Waals surface area contributed by atoms with Gasteiger partial charge in [0, 0.05) is 24.7 Å². The summed E-state index contributed by atoms with van der Waals surface area (Å²) in [6.45, 7) is 3.95. The van der Waals surface area contributed by atoms with Crippen LogP contribution in [0.1, 0.15) is 76.7 Å². The summed E-state index contributed by atoms with van der Waals surface area (Å²) in [7, 11) is 1.48. The van der Waals surface area contributed by atoms with Crippen molar-refractivity contribution in [3.63, 3.8) is 0 Å². The highest BCUT2D eigenvalue weighted by Crippen LogP contribution is 2.22. The smallest absolute Gasteiger partial charge is 0.229 e. The monoisotopic (exact) mass is 499 g/mol. The Morgan fingerprint density at radius 2 is 1.81 bits per heavy atom. The first-order valence-corrected chi connectivity index (χ1v) is 13.7. The third-order valence-corrected chi connectivity index (χ3v) is 7.30. The Hall–Kier alpha value is -2.68. The normalized spacial score (nSPS) is 19.5. The molecule has 1 saturated heterocycles. The first kappa shape index (κ1) is 26.4. The van der Waals surface area contributed by atoms with Crippen LogP contribution in [-0.4, -0.2) is 53.3 Å². The quantitative estimate of drug-likeness (QED) is 0.235. The number of ether oxygens (including phenoxy) is 1. The van der Waals surface area contributed by atoms with E-state index in [9.17, 15) is 4.39 Å². The van der Waals surface area contributed by atoms with Crippen LogP contribution in [0.2, 0.25) is 0 Å². The number of anilines is 3. The van der Waals surface area contributed by atoms with Crippen LogP contribution in [0.15, 0.2) is 18.2 Å². The van der Waals surface area contributed by atoms with Gasteiger partial charge < -0.3 is 26.0 Å². The van der Waals surface area contributed by atoms with Gasteiger partial charge in [0.05, 0.1) is 7.11 Å². The van der Waals surface area contributed by atoms with Crippen molar-refractivity contribution in [2.45, 2.75) is 95.7 Å². The molecule has 0 amide bonds. The molecule has 1 aromatic carbocycles. The maximum atomic E-state index is 14.0. The molecule has 2 atom stereocenters. The number of hydrogen-bond donors (Lipinski definition) is 4. The highest BCUT2D eigenvalue weighted by atomic mass is 19.1. The Morgan fingerprint density at radius 3 is 2.50 bits per heavy atom. The minimum Gasteiger partial charge on any atom is -0.494 e. The van der Waals surface area contributed by atoms with E-state index >= 15 is 0 Å². The Kier molecular flexibility index (Phi) is 9.95. The van der Waals surface area contributed by atoms with Crippen LogP contribution in [0.25, 0.3) is 0 Å². The summed E-state index contributed by atoms with van der Waals surface area (Å²) in [4.78, 5) is 14.1. The van der Waals surface area contributed by atoms with Crippen molar-refractivity contribution in [1.82, 2.24) is 20.3 Å². The van der Waals surface area contributed by atoms with Gasteiger partial charge in [-0.2, -0.15) is 15.0 Å². The number of aryl methyl sites for hydroxylation is 1. The Labute approximate surface area is 214 Å². The number of hydrogen-bond acceptors (Lipinski definition) is 8. The van der Waals surface area contributed by atoms with E-state index in [4.69, 9.17) is 19.7 Å². The first-order valence-electron chi connectivity index (χ1n) is 13.7. The zero-order valence-electron chi connectivity index (χ0n) is 21.8. The zero-order chi connectivity index (χ0) is 25.2. The molecule has 0 bridgehead atoms. The predicted octanol–water partition coefficient (Wildman–Crippen LogP) is 5.14. The molecule has 2 fully saturated rings. The maximum absolute atomic E-state index is 14.0. The molecule has 198 valence electrons. The van der Waals surface area contributed by atoms with Crippen LogP contribution in [0.3, 0.4) is 0 Å². The largest absolute Gasteiger partial charge is 0.494 e. The van der Waals surface area contributed by atoms with Crippen molar-refractivity contribution in [2.75, 3.05) is 36.1 Å². The van der Waals surface area contributed by atoms with E-state index in [2.05, 4.69) is 28.2 Å². The molecule has 8 nitrogen and oxygen atoms in total. The molecule has 0 radical (unpaired) electrons. The van der Waals surface area contributed by atoms with Gasteiger partial charge in [0.15, 0.2) is 11.6 Å². The number of benzene rings is 1. The van der Waals surface area contributed by atoms with Gasteiger partial charge in [-0.3, -0.25) is 0 Å². The lowest BCUT2D eigenvalue weighted by Crippen LogP contribution is -2.40. The van der Waals surface area contributed by atoms with Crippen molar-refractivity contribution in [3.05, 3.63) is 29.6 Å². The molecule has 9 heteroatoms. The van der Waals surface area contributed by atoms with Crippen molar-refractivity contribution in [3.8, 4) is 5.75 Å². The van der Waals surface area contributed by atoms with Crippen LogP contribution in [0, 0.1) is 5.82 Å². The maximum Gasteiger partial charge on any atom is 0.229 e. The van der Waals surface area contributed by atoms with Gasteiger partial charge >= 0.3 is 0 Å². The fourth-order valence-electron chi connectivity index (χ4n) is 5.26. The number of halogens is 1. The molecule has 1 aromatic heterocycles. The number of nitrogens with one attached hydrogen (secondary N) is 4. The summed E-state index contributed by atoms with van der Waals surface area (Å²) < 4.78 is 19.0. The van der Waals surface area contributed by atoms with Crippen molar-refractivity contribution >= 4 is 17.8 Å². The van der Waals surface area contributed by atoms with E-state index in [0.717, 1.165) is 44.2 Å². The van der Waals surface area contributed by atoms with E-state index in [1.54, 1.807) is 12.1 Å². The lowest BCUT2D eigenvalue weighted by Gasteiger charge is -2.24. The Balaban J connectivity index is 1.40. The second-order valence-electron chi connectivity index (χ2n) is 10.0. The molecule has 1 saturated carbocycles. The second-order valence-corrected chi connectivity index (χ2v) is 10.0. The van der Waals surface area contributed by atoms with Gasteiger partial charge in [0.1, 0.15) is 0 Å². The van der Waals surface area contributed by atoms with E-state index in [0.29, 0.717) is 36.5 Å². The second kappa shape index (κ2) is 13.6. The van der Waals surface area contributed by atoms with E-state index in [1.807, 2.05) is 6.07 Å². The lowest BCUT2D eigenvalue weighted by molar-refractivity contribution is 0.386. The summed E-state index contributed by atoms with van der Waals surface area (Å²) >= 11 is 0. The first-order chi connectivity index (χ1) is 17.6. The minimum absolute atomic E-state index is 0.272. The number of rotatable bonds is 12. The molecular formula is C27H42FN7O. The molecule has 36 heavy (non-hydrogen) atoms. The van der Waals surface area contributed by atoms with E-state index < -0.39 is 0 Å². The number of aromatic nitrogens is 3. The highest BCUT2D eigenvalue weighted by Gasteiger charge is 2.24. The summed E-state index contributed by atoms with van der Waals surface area (Å²) in [6.07, 6.45) is 12.4. The van der Waals surface area contributed by atoms with E-state index in [-0.39, 0.29) is 17.6 Å². The fraction of sp³-hybridized carbons (Fsp3) is 0.667. The summed E-state index contributed by atoms with van der Waals surface area (Å²) in [6, 6.07) is 6.24.